The van der Waals surface area contributed by atoms with E-state index in [0.717, 1.165) is 12.5 Å². The normalized spacial score (nSPS) is 16.2. The van der Waals surface area contributed by atoms with Gasteiger partial charge >= 0.3 is 0 Å². The highest BCUT2D eigenvalue weighted by atomic mass is 32.2. The summed E-state index contributed by atoms with van der Waals surface area (Å²) in [6.07, 6.45) is 1.13. The number of rotatable bonds is 5. The zero-order valence-electron chi connectivity index (χ0n) is 15.5. The average Bonchev–Trinajstić information content (AvgIpc) is 2.68. The van der Waals surface area contributed by atoms with E-state index in [9.17, 15) is 18.0 Å². The number of hydrogen-bond donors (Lipinski definition) is 2. The molecule has 148 valence electrons. The zero-order valence-corrected chi connectivity index (χ0v) is 16.3. The van der Waals surface area contributed by atoms with E-state index in [1.165, 1.54) is 24.3 Å². The van der Waals surface area contributed by atoms with Gasteiger partial charge in [0, 0.05) is 25.8 Å². The summed E-state index contributed by atoms with van der Waals surface area (Å²) in [4.78, 5) is 24.2. The lowest BCUT2D eigenvalue weighted by atomic mass is 9.73. The van der Waals surface area contributed by atoms with Gasteiger partial charge in [0.2, 0.25) is 11.8 Å². The molecule has 7 nitrogen and oxygen atoms in total. The third-order valence-electron chi connectivity index (χ3n) is 4.81. The summed E-state index contributed by atoms with van der Waals surface area (Å²) in [7, 11) is -3.91. The Morgan fingerprint density at radius 2 is 1.57 bits per heavy atom. The minimum absolute atomic E-state index is 0.0514. The lowest BCUT2D eigenvalue weighted by Gasteiger charge is -2.36. The van der Waals surface area contributed by atoms with E-state index in [0.29, 0.717) is 31.7 Å². The largest absolute Gasteiger partial charge is 0.381 e. The highest BCUT2D eigenvalue weighted by Gasteiger charge is 2.41. The fourth-order valence-electron chi connectivity index (χ4n) is 3.34. The molecule has 2 N–H and O–H groups in total. The molecule has 0 unspecified atom stereocenters. The summed E-state index contributed by atoms with van der Waals surface area (Å²) >= 11 is 0. The minimum atomic E-state index is -3.91. The van der Waals surface area contributed by atoms with Gasteiger partial charge in [0.25, 0.3) is 10.0 Å². The summed E-state index contributed by atoms with van der Waals surface area (Å²) < 4.78 is 31.4. The number of nitrogens with one attached hydrogen (secondary N) is 2. The van der Waals surface area contributed by atoms with Crippen LogP contribution in [0.5, 0.6) is 0 Å². The quantitative estimate of drug-likeness (QED) is 0.798. The average molecular weight is 402 g/mol. The predicted molar refractivity (Wildman–Crippen MR) is 104 cm³/mol. The standard InChI is InChI=1S/C20H22N2O5S/c1-15(23)22-28(25,26)18-9-7-17(8-10-18)21-19(24)20(11-13-27-14-12-20)16-5-3-2-4-6-16/h2-10H,11-14H2,1H3,(H,21,24)(H,22,23). The first-order chi connectivity index (χ1) is 13.3. The third kappa shape index (κ3) is 4.23. The number of sulfonamides is 1. The molecule has 0 aromatic heterocycles. The van der Waals surface area contributed by atoms with Gasteiger partial charge < -0.3 is 10.1 Å². The summed E-state index contributed by atoms with van der Waals surface area (Å²) in [6, 6.07) is 15.3. The summed E-state index contributed by atoms with van der Waals surface area (Å²) in [5.74, 6) is -0.818. The molecular weight excluding hydrogens is 380 g/mol. The van der Waals surface area contributed by atoms with Crippen LogP contribution in [0.2, 0.25) is 0 Å². The Bertz CT molecular complexity index is 950. The molecule has 0 saturated carbocycles. The predicted octanol–water partition coefficient (Wildman–Crippen LogP) is 2.20. The van der Waals surface area contributed by atoms with Gasteiger partial charge in [-0.1, -0.05) is 30.3 Å². The van der Waals surface area contributed by atoms with Crippen molar-refractivity contribution in [2.24, 2.45) is 0 Å². The molecule has 2 aromatic rings. The van der Waals surface area contributed by atoms with Crippen molar-refractivity contribution < 1.29 is 22.7 Å². The highest BCUT2D eigenvalue weighted by molar-refractivity contribution is 7.90. The Kier molecular flexibility index (Phi) is 5.81. The van der Waals surface area contributed by atoms with Crippen molar-refractivity contribution in [2.75, 3.05) is 18.5 Å². The molecular formula is C20H22N2O5S. The van der Waals surface area contributed by atoms with Crippen LogP contribution in [-0.4, -0.2) is 33.4 Å². The minimum Gasteiger partial charge on any atom is -0.381 e. The Morgan fingerprint density at radius 3 is 2.14 bits per heavy atom. The lowest BCUT2D eigenvalue weighted by molar-refractivity contribution is -0.125. The molecule has 2 aromatic carbocycles. The Balaban J connectivity index is 1.82. The number of ether oxygens (including phenoxy) is 1. The van der Waals surface area contributed by atoms with E-state index in [1.807, 2.05) is 35.1 Å². The summed E-state index contributed by atoms with van der Waals surface area (Å²) in [5.41, 5.74) is 0.717. The topological polar surface area (TPSA) is 102 Å². The van der Waals surface area contributed by atoms with E-state index >= 15 is 0 Å². The number of anilines is 1. The molecule has 1 fully saturated rings. The molecule has 0 spiro atoms. The molecule has 2 amide bonds. The van der Waals surface area contributed by atoms with Gasteiger partial charge in [-0.2, -0.15) is 0 Å². The maximum Gasteiger partial charge on any atom is 0.264 e. The molecule has 0 aliphatic carbocycles. The maximum absolute atomic E-state index is 13.2. The number of benzene rings is 2. The van der Waals surface area contributed by atoms with Gasteiger partial charge in [0.1, 0.15) is 0 Å². The van der Waals surface area contributed by atoms with Crippen LogP contribution in [0.4, 0.5) is 5.69 Å². The first-order valence-electron chi connectivity index (χ1n) is 8.92. The Morgan fingerprint density at radius 1 is 0.964 bits per heavy atom. The van der Waals surface area contributed by atoms with Crippen LogP contribution < -0.4 is 10.0 Å². The first-order valence-corrected chi connectivity index (χ1v) is 10.4. The van der Waals surface area contributed by atoms with E-state index < -0.39 is 21.3 Å². The van der Waals surface area contributed by atoms with Crippen molar-refractivity contribution in [3.63, 3.8) is 0 Å². The molecule has 3 rings (SSSR count). The SMILES string of the molecule is CC(=O)NS(=O)(=O)c1ccc(NC(=O)C2(c3ccccc3)CCOCC2)cc1. The van der Waals surface area contributed by atoms with Crippen LogP contribution in [0.3, 0.4) is 0 Å². The molecule has 1 saturated heterocycles. The second-order valence-corrected chi connectivity index (χ2v) is 8.38. The van der Waals surface area contributed by atoms with E-state index in [-0.39, 0.29) is 10.8 Å². The molecule has 1 aliphatic heterocycles. The lowest BCUT2D eigenvalue weighted by Crippen LogP contribution is -2.44. The van der Waals surface area contributed by atoms with Crippen molar-refractivity contribution in [2.45, 2.75) is 30.1 Å². The van der Waals surface area contributed by atoms with Crippen LogP contribution in [0.25, 0.3) is 0 Å². The highest BCUT2D eigenvalue weighted by Crippen LogP contribution is 2.36. The van der Waals surface area contributed by atoms with Crippen LogP contribution in [0, 0.1) is 0 Å². The second-order valence-electron chi connectivity index (χ2n) is 6.70. The van der Waals surface area contributed by atoms with Crippen LogP contribution in [0.1, 0.15) is 25.3 Å². The van der Waals surface area contributed by atoms with Crippen molar-refractivity contribution in [1.82, 2.24) is 4.72 Å². The second kappa shape index (κ2) is 8.12. The Labute approximate surface area is 164 Å². The zero-order chi connectivity index (χ0) is 20.2. The smallest absolute Gasteiger partial charge is 0.264 e. The van der Waals surface area contributed by atoms with Crippen molar-refractivity contribution in [1.29, 1.82) is 0 Å². The molecule has 0 radical (unpaired) electrons. The number of amides is 2. The van der Waals surface area contributed by atoms with Crippen LogP contribution in [-0.2, 0) is 29.8 Å². The number of carbonyl (C=O) groups is 2. The van der Waals surface area contributed by atoms with Gasteiger partial charge in [0.05, 0.1) is 10.3 Å². The number of carbonyl (C=O) groups excluding carboxylic acids is 2. The molecule has 28 heavy (non-hydrogen) atoms. The van der Waals surface area contributed by atoms with Gasteiger partial charge in [0.15, 0.2) is 0 Å². The van der Waals surface area contributed by atoms with Crippen molar-refractivity contribution >= 4 is 27.5 Å². The number of hydrogen-bond acceptors (Lipinski definition) is 5. The fourth-order valence-corrected chi connectivity index (χ4v) is 4.33. The Hall–Kier alpha value is -2.71. The van der Waals surface area contributed by atoms with Gasteiger partial charge in [-0.05, 0) is 42.7 Å². The van der Waals surface area contributed by atoms with Crippen LogP contribution in [0.15, 0.2) is 59.5 Å². The fraction of sp³-hybridized carbons (Fsp3) is 0.300. The van der Waals surface area contributed by atoms with Gasteiger partial charge in [-0.3, -0.25) is 9.59 Å². The summed E-state index contributed by atoms with van der Waals surface area (Å²) in [5, 5.41) is 2.89. The van der Waals surface area contributed by atoms with Gasteiger partial charge in [-0.15, -0.1) is 0 Å². The monoisotopic (exact) mass is 402 g/mol. The molecule has 0 atom stereocenters. The van der Waals surface area contributed by atoms with Gasteiger partial charge in [-0.25, -0.2) is 13.1 Å². The van der Waals surface area contributed by atoms with E-state index in [2.05, 4.69) is 5.32 Å². The molecule has 0 bridgehead atoms. The summed E-state index contributed by atoms with van der Waals surface area (Å²) in [6.45, 7) is 2.12. The van der Waals surface area contributed by atoms with Crippen LogP contribution >= 0.6 is 0 Å². The third-order valence-corrected chi connectivity index (χ3v) is 6.26. The molecule has 1 aliphatic rings. The van der Waals surface area contributed by atoms with Crippen molar-refractivity contribution in [3.8, 4) is 0 Å². The molecule has 1 heterocycles. The maximum atomic E-state index is 13.2. The first kappa shape index (κ1) is 20.0. The van der Waals surface area contributed by atoms with E-state index in [1.54, 1.807) is 0 Å². The van der Waals surface area contributed by atoms with Crippen molar-refractivity contribution in [3.05, 3.63) is 60.2 Å². The molecule has 8 heteroatoms. The van der Waals surface area contributed by atoms with E-state index in [4.69, 9.17) is 4.74 Å².